The lowest BCUT2D eigenvalue weighted by molar-refractivity contribution is 0.446. The minimum atomic E-state index is -0.223. The predicted octanol–water partition coefficient (Wildman–Crippen LogP) is 3.49. The van der Waals surface area contributed by atoms with Crippen molar-refractivity contribution in [3.8, 4) is 0 Å². The summed E-state index contributed by atoms with van der Waals surface area (Å²) in [7, 11) is 0. The lowest BCUT2D eigenvalue weighted by Gasteiger charge is -2.31. The summed E-state index contributed by atoms with van der Waals surface area (Å²) in [5.74, 6) is 0.779. The SMILES string of the molecule is CCC(CC)(c1ccccc1)c1nc(C)c(C)c(=O)[nH]1. The van der Waals surface area contributed by atoms with Crippen LogP contribution in [-0.2, 0) is 5.41 Å². The molecule has 3 heteroatoms. The number of aromatic nitrogens is 2. The molecule has 0 amide bonds. The molecule has 0 bridgehead atoms. The van der Waals surface area contributed by atoms with E-state index in [1.165, 1.54) is 5.56 Å². The molecule has 0 aliphatic heterocycles. The highest BCUT2D eigenvalue weighted by atomic mass is 16.1. The van der Waals surface area contributed by atoms with Crippen molar-refractivity contribution in [1.82, 2.24) is 9.97 Å². The molecular formula is C17H22N2O. The lowest BCUT2D eigenvalue weighted by Crippen LogP contribution is -2.32. The highest BCUT2D eigenvalue weighted by molar-refractivity contribution is 5.33. The molecule has 0 spiro atoms. The second kappa shape index (κ2) is 5.61. The van der Waals surface area contributed by atoms with Gasteiger partial charge in [0.2, 0.25) is 0 Å². The van der Waals surface area contributed by atoms with Gasteiger partial charge in [-0.1, -0.05) is 44.2 Å². The Hall–Kier alpha value is -1.90. The van der Waals surface area contributed by atoms with Gasteiger partial charge in [0, 0.05) is 11.3 Å². The largest absolute Gasteiger partial charge is 0.310 e. The summed E-state index contributed by atoms with van der Waals surface area (Å²) in [4.78, 5) is 19.7. The summed E-state index contributed by atoms with van der Waals surface area (Å²) in [6.45, 7) is 8.00. The van der Waals surface area contributed by atoms with E-state index in [2.05, 4.69) is 35.9 Å². The summed E-state index contributed by atoms with van der Waals surface area (Å²) < 4.78 is 0. The Bertz CT molecular complexity index is 640. The van der Waals surface area contributed by atoms with Gasteiger partial charge < -0.3 is 4.98 Å². The first-order valence-electron chi connectivity index (χ1n) is 7.18. The molecule has 2 aromatic rings. The number of hydrogen-bond acceptors (Lipinski definition) is 2. The van der Waals surface area contributed by atoms with E-state index in [9.17, 15) is 4.79 Å². The van der Waals surface area contributed by atoms with E-state index in [1.807, 2.05) is 32.0 Å². The molecule has 0 atom stereocenters. The maximum atomic E-state index is 12.1. The van der Waals surface area contributed by atoms with Crippen LogP contribution < -0.4 is 5.56 Å². The summed E-state index contributed by atoms with van der Waals surface area (Å²) in [5.41, 5.74) is 2.46. The zero-order chi connectivity index (χ0) is 14.8. The van der Waals surface area contributed by atoms with E-state index in [0.29, 0.717) is 5.56 Å². The average Bonchev–Trinajstić information content (AvgIpc) is 2.47. The molecule has 1 heterocycles. The topological polar surface area (TPSA) is 45.8 Å². The van der Waals surface area contributed by atoms with Crippen LogP contribution >= 0.6 is 0 Å². The summed E-state index contributed by atoms with van der Waals surface area (Å²) in [5, 5.41) is 0. The third kappa shape index (κ3) is 2.28. The van der Waals surface area contributed by atoms with Crippen molar-refractivity contribution in [3.05, 3.63) is 63.3 Å². The first kappa shape index (κ1) is 14.5. The van der Waals surface area contributed by atoms with Crippen LogP contribution in [0.15, 0.2) is 35.1 Å². The monoisotopic (exact) mass is 270 g/mol. The van der Waals surface area contributed by atoms with Crippen LogP contribution in [0.25, 0.3) is 0 Å². The molecule has 0 aliphatic rings. The Morgan fingerprint density at radius 1 is 1.10 bits per heavy atom. The van der Waals surface area contributed by atoms with Crippen LogP contribution in [0, 0.1) is 13.8 Å². The van der Waals surface area contributed by atoms with Gasteiger partial charge in [0.1, 0.15) is 5.82 Å². The smallest absolute Gasteiger partial charge is 0.254 e. The molecule has 1 N–H and O–H groups in total. The van der Waals surface area contributed by atoms with Crippen molar-refractivity contribution in [2.75, 3.05) is 0 Å². The van der Waals surface area contributed by atoms with E-state index in [0.717, 1.165) is 24.4 Å². The van der Waals surface area contributed by atoms with Gasteiger partial charge in [-0.05, 0) is 32.3 Å². The molecule has 0 aliphatic carbocycles. The quantitative estimate of drug-likeness (QED) is 0.924. The van der Waals surface area contributed by atoms with Crippen LogP contribution in [0.1, 0.15) is 49.3 Å². The number of rotatable bonds is 4. The van der Waals surface area contributed by atoms with Gasteiger partial charge >= 0.3 is 0 Å². The number of nitrogens with zero attached hydrogens (tertiary/aromatic N) is 1. The molecule has 3 nitrogen and oxygen atoms in total. The number of H-pyrrole nitrogens is 1. The average molecular weight is 270 g/mol. The molecule has 0 saturated carbocycles. The number of aromatic amines is 1. The number of aryl methyl sites for hydroxylation is 1. The minimum Gasteiger partial charge on any atom is -0.310 e. The van der Waals surface area contributed by atoms with Gasteiger partial charge in [-0.25, -0.2) is 4.98 Å². The molecule has 1 aromatic carbocycles. The van der Waals surface area contributed by atoms with Crippen LogP contribution in [0.3, 0.4) is 0 Å². The fourth-order valence-electron chi connectivity index (χ4n) is 2.76. The maximum absolute atomic E-state index is 12.1. The van der Waals surface area contributed by atoms with Crippen LogP contribution in [0.2, 0.25) is 0 Å². The molecule has 0 unspecified atom stereocenters. The van der Waals surface area contributed by atoms with Crippen molar-refractivity contribution in [2.24, 2.45) is 0 Å². The molecule has 106 valence electrons. The van der Waals surface area contributed by atoms with Gasteiger partial charge in [0.25, 0.3) is 5.56 Å². The van der Waals surface area contributed by atoms with Gasteiger partial charge in [-0.15, -0.1) is 0 Å². The minimum absolute atomic E-state index is 0.0327. The van der Waals surface area contributed by atoms with Crippen molar-refractivity contribution >= 4 is 0 Å². The molecule has 20 heavy (non-hydrogen) atoms. The Morgan fingerprint density at radius 2 is 1.70 bits per heavy atom. The Balaban J connectivity index is 2.69. The van der Waals surface area contributed by atoms with Crippen LogP contribution in [-0.4, -0.2) is 9.97 Å². The first-order chi connectivity index (χ1) is 9.55. The van der Waals surface area contributed by atoms with E-state index in [-0.39, 0.29) is 11.0 Å². The van der Waals surface area contributed by atoms with E-state index >= 15 is 0 Å². The van der Waals surface area contributed by atoms with Crippen molar-refractivity contribution < 1.29 is 0 Å². The Kier molecular flexibility index (Phi) is 4.07. The predicted molar refractivity (Wildman–Crippen MR) is 82.1 cm³/mol. The fourth-order valence-corrected chi connectivity index (χ4v) is 2.76. The lowest BCUT2D eigenvalue weighted by atomic mass is 9.75. The molecule has 2 rings (SSSR count). The first-order valence-corrected chi connectivity index (χ1v) is 7.18. The standard InChI is InChI=1S/C17H22N2O/c1-5-17(6-2,14-10-8-7-9-11-14)16-18-13(4)12(3)15(20)19-16/h7-11H,5-6H2,1-4H3,(H,18,19,20). The Morgan fingerprint density at radius 3 is 2.20 bits per heavy atom. The molecule has 1 aromatic heterocycles. The maximum Gasteiger partial charge on any atom is 0.254 e. The van der Waals surface area contributed by atoms with Gasteiger partial charge in [-0.2, -0.15) is 0 Å². The fraction of sp³-hybridized carbons (Fsp3) is 0.412. The summed E-state index contributed by atoms with van der Waals surface area (Å²) in [6, 6.07) is 10.3. The van der Waals surface area contributed by atoms with E-state index in [4.69, 9.17) is 0 Å². The normalized spacial score (nSPS) is 11.6. The zero-order valence-corrected chi connectivity index (χ0v) is 12.7. The Labute approximate surface area is 120 Å². The molecule has 0 saturated heterocycles. The summed E-state index contributed by atoms with van der Waals surface area (Å²) in [6.07, 6.45) is 1.80. The zero-order valence-electron chi connectivity index (χ0n) is 12.7. The molecule has 0 fully saturated rings. The second-order valence-electron chi connectivity index (χ2n) is 5.28. The van der Waals surface area contributed by atoms with Crippen molar-refractivity contribution in [1.29, 1.82) is 0 Å². The van der Waals surface area contributed by atoms with Crippen LogP contribution in [0.4, 0.5) is 0 Å². The second-order valence-corrected chi connectivity index (χ2v) is 5.28. The van der Waals surface area contributed by atoms with E-state index in [1.54, 1.807) is 0 Å². The number of hydrogen-bond donors (Lipinski definition) is 1. The van der Waals surface area contributed by atoms with Crippen molar-refractivity contribution in [2.45, 2.75) is 46.0 Å². The highest BCUT2D eigenvalue weighted by Gasteiger charge is 2.33. The van der Waals surface area contributed by atoms with E-state index < -0.39 is 0 Å². The van der Waals surface area contributed by atoms with Crippen LogP contribution in [0.5, 0.6) is 0 Å². The number of nitrogens with one attached hydrogen (secondary N) is 1. The van der Waals surface area contributed by atoms with Crippen molar-refractivity contribution in [3.63, 3.8) is 0 Å². The molecule has 0 radical (unpaired) electrons. The molecular weight excluding hydrogens is 248 g/mol. The van der Waals surface area contributed by atoms with Gasteiger partial charge in [-0.3, -0.25) is 4.79 Å². The highest BCUT2D eigenvalue weighted by Crippen LogP contribution is 2.36. The third-order valence-corrected chi connectivity index (χ3v) is 4.38. The van der Waals surface area contributed by atoms with Gasteiger partial charge in [0.05, 0.1) is 5.41 Å². The van der Waals surface area contributed by atoms with Gasteiger partial charge in [0.15, 0.2) is 0 Å². The summed E-state index contributed by atoms with van der Waals surface area (Å²) >= 11 is 0. The number of benzene rings is 1. The third-order valence-electron chi connectivity index (χ3n) is 4.38.